The van der Waals surface area contributed by atoms with Gasteiger partial charge in [0.25, 0.3) is 5.95 Å². The Bertz CT molecular complexity index is 1600. The summed E-state index contributed by atoms with van der Waals surface area (Å²) in [5.74, 6) is 1.32. The molecular weight excluding hydrogens is 416 g/mol. The lowest BCUT2D eigenvalue weighted by Gasteiger charge is -2.08. The molecule has 0 fully saturated rings. The van der Waals surface area contributed by atoms with E-state index in [0.717, 1.165) is 39.0 Å². The second-order valence-corrected chi connectivity index (χ2v) is 7.74. The van der Waals surface area contributed by atoms with Crippen molar-refractivity contribution in [1.29, 1.82) is 0 Å². The van der Waals surface area contributed by atoms with E-state index >= 15 is 0 Å². The topological polar surface area (TPSA) is 88.5 Å². The normalized spacial score (nSPS) is 11.5. The smallest absolute Gasteiger partial charge is 0.305 e. The summed E-state index contributed by atoms with van der Waals surface area (Å²) in [5, 5.41) is 12.0. The molecule has 0 atom stereocenters. The molecule has 3 aromatic carbocycles. The molecule has 0 unspecified atom stereocenters. The summed E-state index contributed by atoms with van der Waals surface area (Å²) in [4.78, 5) is 9.59. The van der Waals surface area contributed by atoms with Crippen molar-refractivity contribution >= 4 is 22.1 Å². The Labute approximate surface area is 188 Å². The molecule has 6 aromatic rings. The zero-order chi connectivity index (χ0) is 22.4. The zero-order valence-electron chi connectivity index (χ0n) is 18.1. The highest BCUT2D eigenvalue weighted by atomic mass is 16.5. The Kier molecular flexibility index (Phi) is 4.39. The van der Waals surface area contributed by atoms with Gasteiger partial charge in [0.2, 0.25) is 0 Å². The van der Waals surface area contributed by atoms with Crippen molar-refractivity contribution in [3.8, 4) is 23.1 Å². The number of fused-ring (bicyclic) bond motifs is 2. The van der Waals surface area contributed by atoms with Crippen LogP contribution in [0.3, 0.4) is 0 Å². The number of benzene rings is 3. The third-order valence-corrected chi connectivity index (χ3v) is 5.75. The summed E-state index contributed by atoms with van der Waals surface area (Å²) in [7, 11) is 3.77. The van der Waals surface area contributed by atoms with Crippen LogP contribution in [0.2, 0.25) is 0 Å². The summed E-state index contributed by atoms with van der Waals surface area (Å²) in [5.41, 5.74) is 5.73. The summed E-state index contributed by atoms with van der Waals surface area (Å²) < 4.78 is 11.7. The maximum Gasteiger partial charge on any atom is 0.305 e. The molecule has 0 N–H and O–H groups in total. The van der Waals surface area contributed by atoms with Gasteiger partial charge in [-0.05, 0) is 34.2 Å². The lowest BCUT2D eigenvalue weighted by molar-refractivity contribution is 0.264. The molecule has 0 saturated carbocycles. The second-order valence-electron chi connectivity index (χ2n) is 7.74. The van der Waals surface area contributed by atoms with Crippen LogP contribution in [0.5, 0.6) is 6.01 Å². The Hall–Kier alpha value is -4.53. The number of hydrogen-bond acceptors (Lipinski definition) is 6. The number of nitrogens with zero attached hydrogens (tertiary/aromatic N) is 8. The minimum atomic E-state index is 0.250. The van der Waals surface area contributed by atoms with Crippen molar-refractivity contribution < 1.29 is 4.74 Å². The number of hydrogen-bond donors (Lipinski definition) is 0. The van der Waals surface area contributed by atoms with Crippen LogP contribution < -0.4 is 4.74 Å². The first-order valence-electron chi connectivity index (χ1n) is 10.5. The molecule has 0 aliphatic rings. The SMILES string of the molecule is Cn1nnnc1-n1c(OCc2nc3ccccc3n2C)nc2c(-c3ccccc3)cccc21. The van der Waals surface area contributed by atoms with Gasteiger partial charge in [-0.2, -0.15) is 4.98 Å². The van der Waals surface area contributed by atoms with E-state index in [0.29, 0.717) is 12.0 Å². The van der Waals surface area contributed by atoms with Gasteiger partial charge < -0.3 is 9.30 Å². The number of ether oxygens (including phenoxy) is 1. The van der Waals surface area contributed by atoms with E-state index in [2.05, 4.69) is 33.7 Å². The predicted octanol–water partition coefficient (Wildman–Crippen LogP) is 3.68. The van der Waals surface area contributed by atoms with E-state index in [-0.39, 0.29) is 6.61 Å². The van der Waals surface area contributed by atoms with Gasteiger partial charge in [-0.25, -0.2) is 14.2 Å². The molecule has 0 bridgehead atoms. The monoisotopic (exact) mass is 436 g/mol. The first kappa shape index (κ1) is 19.2. The molecule has 6 rings (SSSR count). The van der Waals surface area contributed by atoms with E-state index in [4.69, 9.17) is 14.7 Å². The summed E-state index contributed by atoms with van der Waals surface area (Å²) in [6.45, 7) is 0.250. The van der Waals surface area contributed by atoms with E-state index < -0.39 is 0 Å². The molecule has 9 heteroatoms. The fourth-order valence-electron chi connectivity index (χ4n) is 4.09. The number of aromatic nitrogens is 8. The molecule has 0 aliphatic carbocycles. The highest BCUT2D eigenvalue weighted by Gasteiger charge is 2.21. The van der Waals surface area contributed by atoms with Gasteiger partial charge in [-0.3, -0.25) is 0 Å². The molecule has 3 heterocycles. The first-order valence-corrected chi connectivity index (χ1v) is 10.5. The minimum Gasteiger partial charge on any atom is -0.456 e. The van der Waals surface area contributed by atoms with Gasteiger partial charge in [0, 0.05) is 19.7 Å². The maximum atomic E-state index is 6.25. The quantitative estimate of drug-likeness (QED) is 0.410. The van der Waals surface area contributed by atoms with Crippen LogP contribution in [-0.4, -0.2) is 39.3 Å². The molecule has 33 heavy (non-hydrogen) atoms. The highest BCUT2D eigenvalue weighted by molar-refractivity contribution is 5.93. The van der Waals surface area contributed by atoms with Crippen LogP contribution in [0.4, 0.5) is 0 Å². The van der Waals surface area contributed by atoms with Crippen molar-refractivity contribution in [3.05, 3.63) is 78.6 Å². The highest BCUT2D eigenvalue weighted by Crippen LogP contribution is 2.33. The molecule has 0 radical (unpaired) electrons. The first-order chi connectivity index (χ1) is 16.2. The van der Waals surface area contributed by atoms with Crippen LogP contribution in [0.25, 0.3) is 39.1 Å². The summed E-state index contributed by atoms with van der Waals surface area (Å²) in [6, 6.07) is 24.6. The van der Waals surface area contributed by atoms with Gasteiger partial charge in [0.1, 0.15) is 17.9 Å². The Balaban J connectivity index is 1.49. The van der Waals surface area contributed by atoms with Gasteiger partial charge in [0.05, 0.1) is 16.6 Å². The Morgan fingerprint density at radius 2 is 1.61 bits per heavy atom. The standard InChI is InChI=1S/C24H20N8O/c1-30-19-13-7-6-12-18(19)25-21(30)15-33-24-26-22-17(16-9-4-3-5-10-16)11-8-14-20(22)32(24)23-27-28-29-31(23)2/h3-14H,15H2,1-2H3. The third kappa shape index (κ3) is 3.13. The zero-order valence-corrected chi connectivity index (χ0v) is 18.1. The number of aryl methyl sites for hydroxylation is 2. The number of imidazole rings is 2. The average Bonchev–Trinajstić information content (AvgIpc) is 3.53. The molecule has 0 saturated heterocycles. The molecule has 9 nitrogen and oxygen atoms in total. The van der Waals surface area contributed by atoms with Crippen LogP contribution in [0.15, 0.2) is 72.8 Å². The molecule has 0 amide bonds. The minimum absolute atomic E-state index is 0.250. The van der Waals surface area contributed by atoms with Crippen molar-refractivity contribution in [2.24, 2.45) is 14.1 Å². The van der Waals surface area contributed by atoms with E-state index in [1.54, 1.807) is 11.7 Å². The number of para-hydroxylation sites is 3. The van der Waals surface area contributed by atoms with Crippen LogP contribution in [-0.2, 0) is 20.7 Å². The molecule has 0 spiro atoms. The number of rotatable bonds is 5. The second kappa shape index (κ2) is 7.56. The van der Waals surface area contributed by atoms with E-state index in [1.165, 1.54) is 0 Å². The van der Waals surface area contributed by atoms with Crippen LogP contribution in [0, 0.1) is 0 Å². The maximum absolute atomic E-state index is 6.25. The van der Waals surface area contributed by atoms with E-state index in [9.17, 15) is 0 Å². The lowest BCUT2D eigenvalue weighted by Crippen LogP contribution is -2.10. The van der Waals surface area contributed by atoms with Gasteiger partial charge in [0.15, 0.2) is 0 Å². The summed E-state index contributed by atoms with van der Waals surface area (Å²) >= 11 is 0. The fourth-order valence-corrected chi connectivity index (χ4v) is 4.09. The third-order valence-electron chi connectivity index (χ3n) is 5.75. The van der Waals surface area contributed by atoms with Crippen molar-refractivity contribution in [1.82, 2.24) is 39.3 Å². The molecular formula is C24H20N8O. The fraction of sp³-hybridized carbons (Fsp3) is 0.125. The van der Waals surface area contributed by atoms with Gasteiger partial charge in [-0.15, -0.1) is 0 Å². The predicted molar refractivity (Wildman–Crippen MR) is 124 cm³/mol. The van der Waals surface area contributed by atoms with Crippen LogP contribution >= 0.6 is 0 Å². The average molecular weight is 436 g/mol. The summed E-state index contributed by atoms with van der Waals surface area (Å²) in [6.07, 6.45) is 0. The van der Waals surface area contributed by atoms with Crippen molar-refractivity contribution in [3.63, 3.8) is 0 Å². The van der Waals surface area contributed by atoms with Gasteiger partial charge >= 0.3 is 6.01 Å². The molecule has 3 aromatic heterocycles. The van der Waals surface area contributed by atoms with Crippen molar-refractivity contribution in [2.75, 3.05) is 0 Å². The Morgan fingerprint density at radius 3 is 2.39 bits per heavy atom. The largest absolute Gasteiger partial charge is 0.456 e. The van der Waals surface area contributed by atoms with Gasteiger partial charge in [-0.1, -0.05) is 59.7 Å². The molecule has 0 aliphatic heterocycles. The van der Waals surface area contributed by atoms with E-state index in [1.807, 2.05) is 70.8 Å². The molecule has 162 valence electrons. The lowest BCUT2D eigenvalue weighted by atomic mass is 10.0. The van der Waals surface area contributed by atoms with Crippen LogP contribution in [0.1, 0.15) is 5.82 Å². The van der Waals surface area contributed by atoms with Crippen molar-refractivity contribution in [2.45, 2.75) is 6.61 Å². The number of tetrazole rings is 1. The Morgan fingerprint density at radius 1 is 0.818 bits per heavy atom.